The zero-order valence-electron chi connectivity index (χ0n) is 7.61. The molecule has 3 rings (SSSR count). The third-order valence-electron chi connectivity index (χ3n) is 2.39. The first-order valence-electron chi connectivity index (χ1n) is 4.47. The van der Waals surface area contributed by atoms with Crippen LogP contribution in [0.1, 0.15) is 0 Å². The summed E-state index contributed by atoms with van der Waals surface area (Å²) in [6.45, 7) is 0. The molecular weight excluding hydrogens is 231 g/mol. The minimum absolute atomic E-state index is 0.605. The summed E-state index contributed by atoms with van der Waals surface area (Å²) in [5.74, 6) is 0. The lowest BCUT2D eigenvalue weighted by Gasteiger charge is -2.02. The first-order chi connectivity index (χ1) is 7.27. The van der Waals surface area contributed by atoms with Gasteiger partial charge in [0.25, 0.3) is 0 Å². The van der Waals surface area contributed by atoms with Crippen LogP contribution in [0.15, 0.2) is 36.5 Å². The van der Waals surface area contributed by atoms with Crippen LogP contribution in [-0.2, 0) is 0 Å². The fourth-order valence-electron chi connectivity index (χ4n) is 1.72. The highest BCUT2D eigenvalue weighted by Gasteiger charge is 2.08. The Morgan fingerprint density at radius 3 is 2.73 bits per heavy atom. The van der Waals surface area contributed by atoms with Crippen LogP contribution in [0.3, 0.4) is 0 Å². The maximum Gasteiger partial charge on any atom is 0.115 e. The molecule has 2 nitrogen and oxygen atoms in total. The molecule has 2 heterocycles. The van der Waals surface area contributed by atoms with Crippen molar-refractivity contribution in [1.29, 1.82) is 0 Å². The second kappa shape index (κ2) is 3.12. The Bertz CT molecular complexity index is 658. The van der Waals surface area contributed by atoms with Gasteiger partial charge in [-0.25, -0.2) is 0 Å². The van der Waals surface area contributed by atoms with Gasteiger partial charge in [-0.1, -0.05) is 35.3 Å². The smallest absolute Gasteiger partial charge is 0.115 e. The highest BCUT2D eigenvalue weighted by molar-refractivity contribution is 6.37. The van der Waals surface area contributed by atoms with Crippen molar-refractivity contribution in [3.63, 3.8) is 0 Å². The van der Waals surface area contributed by atoms with Gasteiger partial charge in [-0.2, -0.15) is 0 Å². The molecule has 0 N–H and O–H groups in total. The monoisotopic (exact) mass is 236 g/mol. The molecule has 0 aliphatic rings. The molecule has 0 fully saturated rings. The molecule has 15 heavy (non-hydrogen) atoms. The summed E-state index contributed by atoms with van der Waals surface area (Å²) in [5.41, 5.74) is 2.70. The molecule has 0 amide bonds. The Labute approximate surface area is 96.1 Å². The zero-order valence-corrected chi connectivity index (χ0v) is 9.13. The standard InChI is InChI=1S/C11H6Cl2N2/c12-7-5-11(13)15-9-4-2-1-3-8(9)14-6-10(7)15/h1-6H. The van der Waals surface area contributed by atoms with Gasteiger partial charge in [-0.05, 0) is 18.2 Å². The van der Waals surface area contributed by atoms with Crippen molar-refractivity contribution in [1.82, 2.24) is 9.38 Å². The van der Waals surface area contributed by atoms with Gasteiger partial charge >= 0.3 is 0 Å². The summed E-state index contributed by atoms with van der Waals surface area (Å²) in [4.78, 5) is 4.32. The average Bonchev–Trinajstić information content (AvgIpc) is 2.55. The highest BCUT2D eigenvalue weighted by atomic mass is 35.5. The van der Waals surface area contributed by atoms with E-state index in [1.165, 1.54) is 0 Å². The Morgan fingerprint density at radius 2 is 1.87 bits per heavy atom. The number of benzene rings is 1. The minimum atomic E-state index is 0.605. The molecule has 3 aromatic rings. The fraction of sp³-hybridized carbons (Fsp3) is 0. The first-order valence-corrected chi connectivity index (χ1v) is 5.23. The fourth-order valence-corrected chi connectivity index (χ4v) is 2.31. The predicted molar refractivity (Wildman–Crippen MR) is 62.7 cm³/mol. The summed E-state index contributed by atoms with van der Waals surface area (Å²) in [6, 6.07) is 9.54. The maximum absolute atomic E-state index is 6.11. The van der Waals surface area contributed by atoms with Crippen LogP contribution >= 0.6 is 23.2 Å². The Hall–Kier alpha value is -1.25. The van der Waals surface area contributed by atoms with E-state index in [2.05, 4.69) is 4.98 Å². The zero-order chi connectivity index (χ0) is 10.4. The molecule has 74 valence electrons. The van der Waals surface area contributed by atoms with Crippen LogP contribution in [0, 0.1) is 0 Å². The molecule has 0 aliphatic heterocycles. The second-order valence-corrected chi connectivity index (χ2v) is 4.08. The number of fused-ring (bicyclic) bond motifs is 3. The Kier molecular flexibility index (Phi) is 1.87. The molecule has 0 spiro atoms. The SMILES string of the molecule is Clc1cc(Cl)n2c1cnc1ccccc12. The Morgan fingerprint density at radius 1 is 1.07 bits per heavy atom. The van der Waals surface area contributed by atoms with Crippen molar-refractivity contribution < 1.29 is 0 Å². The molecule has 4 heteroatoms. The number of halogens is 2. The van der Waals surface area contributed by atoms with Gasteiger partial charge < -0.3 is 0 Å². The number of nitrogens with zero attached hydrogens (tertiary/aromatic N) is 2. The molecule has 0 saturated carbocycles. The third-order valence-corrected chi connectivity index (χ3v) is 2.97. The summed E-state index contributed by atoms with van der Waals surface area (Å²) in [5, 5.41) is 1.23. The van der Waals surface area contributed by atoms with Crippen LogP contribution in [0.2, 0.25) is 10.2 Å². The van der Waals surface area contributed by atoms with Gasteiger partial charge in [0.2, 0.25) is 0 Å². The summed E-state index contributed by atoms with van der Waals surface area (Å²) < 4.78 is 1.90. The van der Waals surface area contributed by atoms with E-state index in [9.17, 15) is 0 Å². The average molecular weight is 237 g/mol. The van der Waals surface area contributed by atoms with Crippen molar-refractivity contribution in [3.8, 4) is 0 Å². The number of aromatic nitrogens is 2. The van der Waals surface area contributed by atoms with E-state index in [0.29, 0.717) is 10.2 Å². The lowest BCUT2D eigenvalue weighted by atomic mass is 10.3. The molecular formula is C11H6Cl2N2. The van der Waals surface area contributed by atoms with E-state index < -0.39 is 0 Å². The predicted octanol–water partition coefficient (Wildman–Crippen LogP) is 3.79. The topological polar surface area (TPSA) is 17.3 Å². The van der Waals surface area contributed by atoms with Gasteiger partial charge in [0.1, 0.15) is 5.15 Å². The van der Waals surface area contributed by atoms with Gasteiger partial charge in [0.15, 0.2) is 0 Å². The van der Waals surface area contributed by atoms with E-state index in [1.807, 2.05) is 28.7 Å². The van der Waals surface area contributed by atoms with Crippen molar-refractivity contribution in [3.05, 3.63) is 46.7 Å². The molecule has 0 radical (unpaired) electrons. The molecule has 2 aromatic heterocycles. The van der Waals surface area contributed by atoms with E-state index >= 15 is 0 Å². The molecule has 0 saturated heterocycles. The number of rotatable bonds is 0. The molecule has 1 aromatic carbocycles. The van der Waals surface area contributed by atoms with Gasteiger partial charge in [-0.3, -0.25) is 9.38 Å². The summed E-state index contributed by atoms with van der Waals surface area (Å²) in [6.07, 6.45) is 1.73. The van der Waals surface area contributed by atoms with Gasteiger partial charge in [0, 0.05) is 0 Å². The number of para-hydroxylation sites is 2. The Balaban J connectivity index is 2.64. The molecule has 0 atom stereocenters. The van der Waals surface area contributed by atoms with Crippen molar-refractivity contribution in [2.45, 2.75) is 0 Å². The lowest BCUT2D eigenvalue weighted by molar-refractivity contribution is 1.23. The van der Waals surface area contributed by atoms with Crippen LogP contribution in [-0.4, -0.2) is 9.38 Å². The van der Waals surface area contributed by atoms with Crippen LogP contribution < -0.4 is 0 Å². The third kappa shape index (κ3) is 1.22. The van der Waals surface area contributed by atoms with E-state index in [-0.39, 0.29) is 0 Å². The van der Waals surface area contributed by atoms with Gasteiger partial charge in [0.05, 0.1) is 27.8 Å². The number of hydrogen-bond acceptors (Lipinski definition) is 1. The minimum Gasteiger partial charge on any atom is -0.295 e. The van der Waals surface area contributed by atoms with Crippen molar-refractivity contribution in [2.24, 2.45) is 0 Å². The van der Waals surface area contributed by atoms with E-state index in [1.54, 1.807) is 12.3 Å². The summed E-state index contributed by atoms with van der Waals surface area (Å²) >= 11 is 12.1. The lowest BCUT2D eigenvalue weighted by Crippen LogP contribution is -1.89. The van der Waals surface area contributed by atoms with E-state index in [0.717, 1.165) is 16.6 Å². The molecule has 0 unspecified atom stereocenters. The number of hydrogen-bond donors (Lipinski definition) is 0. The van der Waals surface area contributed by atoms with Gasteiger partial charge in [-0.15, -0.1) is 0 Å². The van der Waals surface area contributed by atoms with E-state index in [4.69, 9.17) is 23.2 Å². The van der Waals surface area contributed by atoms with Crippen molar-refractivity contribution >= 4 is 39.8 Å². The van der Waals surface area contributed by atoms with Crippen LogP contribution in [0.25, 0.3) is 16.6 Å². The maximum atomic E-state index is 6.11. The van der Waals surface area contributed by atoms with Crippen LogP contribution in [0.5, 0.6) is 0 Å². The first kappa shape index (κ1) is 9.01. The molecule has 0 bridgehead atoms. The highest BCUT2D eigenvalue weighted by Crippen LogP contribution is 2.28. The largest absolute Gasteiger partial charge is 0.295 e. The second-order valence-electron chi connectivity index (χ2n) is 3.28. The normalized spacial score (nSPS) is 11.3. The summed E-state index contributed by atoms with van der Waals surface area (Å²) in [7, 11) is 0. The van der Waals surface area contributed by atoms with Crippen molar-refractivity contribution in [2.75, 3.05) is 0 Å². The van der Waals surface area contributed by atoms with Crippen LogP contribution in [0.4, 0.5) is 0 Å². The molecule has 0 aliphatic carbocycles. The quantitative estimate of drug-likeness (QED) is 0.581.